The van der Waals surface area contributed by atoms with E-state index in [1.54, 1.807) is 0 Å². The van der Waals surface area contributed by atoms with Crippen LogP contribution in [0.5, 0.6) is 0 Å². The van der Waals surface area contributed by atoms with Gasteiger partial charge < -0.3 is 4.74 Å². The number of ether oxygens (including phenoxy) is 1. The quantitative estimate of drug-likeness (QED) is 0.628. The van der Waals surface area contributed by atoms with Gasteiger partial charge in [0.1, 0.15) is 0 Å². The van der Waals surface area contributed by atoms with E-state index in [9.17, 15) is 0 Å². The van der Waals surface area contributed by atoms with Crippen molar-refractivity contribution in [1.29, 1.82) is 0 Å². The van der Waals surface area contributed by atoms with Gasteiger partial charge in [-0.2, -0.15) is 0 Å². The van der Waals surface area contributed by atoms with Crippen LogP contribution in [0.2, 0.25) is 0 Å². The minimum absolute atomic E-state index is 0.546. The third-order valence-electron chi connectivity index (χ3n) is 3.43. The molecule has 0 amide bonds. The van der Waals surface area contributed by atoms with Crippen molar-refractivity contribution in [2.24, 2.45) is 0 Å². The first-order valence-corrected chi connectivity index (χ1v) is 5.98. The molecule has 2 fully saturated rings. The van der Waals surface area contributed by atoms with Gasteiger partial charge in [0.2, 0.25) is 0 Å². The molecule has 0 aromatic rings. The van der Waals surface area contributed by atoms with E-state index in [0.29, 0.717) is 6.10 Å². The topological polar surface area (TPSA) is 12.5 Å². The second kappa shape index (κ2) is 4.25. The van der Waals surface area contributed by atoms with Crippen molar-refractivity contribution in [2.75, 3.05) is 20.2 Å². The van der Waals surface area contributed by atoms with Gasteiger partial charge in [0.15, 0.2) is 0 Å². The summed E-state index contributed by atoms with van der Waals surface area (Å²) < 4.78 is 5.37. The van der Waals surface area contributed by atoms with Crippen LogP contribution in [0.4, 0.5) is 0 Å². The molecule has 0 N–H and O–H groups in total. The highest BCUT2D eigenvalue weighted by Crippen LogP contribution is 2.29. The van der Waals surface area contributed by atoms with Crippen molar-refractivity contribution < 1.29 is 4.74 Å². The summed E-state index contributed by atoms with van der Waals surface area (Å²) in [6, 6.07) is 0.864. The maximum atomic E-state index is 5.37. The first kappa shape index (κ1) is 9.89. The molecule has 1 saturated carbocycles. The molecular formula is C10H20NOP. The average molecular weight is 201 g/mol. The van der Waals surface area contributed by atoms with Crippen LogP contribution in [0.25, 0.3) is 0 Å². The van der Waals surface area contributed by atoms with Crippen molar-refractivity contribution in [2.45, 2.75) is 43.5 Å². The third kappa shape index (κ3) is 2.23. The van der Waals surface area contributed by atoms with Gasteiger partial charge in [0.25, 0.3) is 0 Å². The number of hydrogen-bond acceptors (Lipinski definition) is 2. The summed E-state index contributed by atoms with van der Waals surface area (Å²) in [4.78, 5) is 2.63. The number of rotatable bonds is 2. The molecule has 2 nitrogen and oxygen atoms in total. The number of likely N-dealkylation sites (tertiary alicyclic amines) is 1. The first-order chi connectivity index (χ1) is 6.29. The van der Waals surface area contributed by atoms with E-state index < -0.39 is 0 Å². The fraction of sp³-hybridized carbons (Fsp3) is 1.00. The molecule has 0 bridgehead atoms. The van der Waals surface area contributed by atoms with Crippen molar-refractivity contribution in [3.8, 4) is 0 Å². The molecule has 1 unspecified atom stereocenters. The predicted octanol–water partition coefficient (Wildman–Crippen LogP) is 1.50. The summed E-state index contributed by atoms with van der Waals surface area (Å²) in [6.07, 6.45) is 5.76. The number of hydrogen-bond donors (Lipinski definition) is 0. The van der Waals surface area contributed by atoms with Gasteiger partial charge in [-0.15, -0.1) is 9.24 Å². The first-order valence-electron chi connectivity index (χ1n) is 5.32. The Hall–Kier alpha value is 0.350. The van der Waals surface area contributed by atoms with Crippen LogP contribution in [0, 0.1) is 0 Å². The lowest BCUT2D eigenvalue weighted by molar-refractivity contribution is 0.0231. The molecule has 0 aromatic carbocycles. The Bertz CT molecular complexity index is 162. The van der Waals surface area contributed by atoms with Gasteiger partial charge in [-0.25, -0.2) is 0 Å². The normalized spacial score (nSPS) is 37.4. The minimum Gasteiger partial charge on any atom is -0.381 e. The van der Waals surface area contributed by atoms with E-state index in [0.717, 1.165) is 11.7 Å². The zero-order valence-electron chi connectivity index (χ0n) is 8.41. The van der Waals surface area contributed by atoms with E-state index in [4.69, 9.17) is 4.74 Å². The molecule has 2 rings (SSSR count). The summed E-state index contributed by atoms with van der Waals surface area (Å²) in [5.74, 6) is 0. The van der Waals surface area contributed by atoms with E-state index in [1.807, 2.05) is 7.11 Å². The lowest BCUT2D eigenvalue weighted by Crippen LogP contribution is -2.53. The van der Waals surface area contributed by atoms with Gasteiger partial charge in [-0.3, -0.25) is 4.90 Å². The smallest absolute Gasteiger partial charge is 0.0572 e. The SMILES string of the molecule is COC1CCC(N2CC(P)C2)CC1. The van der Waals surface area contributed by atoms with Gasteiger partial charge in [-0.1, -0.05) is 0 Å². The molecule has 2 aliphatic rings. The summed E-state index contributed by atoms with van der Waals surface area (Å²) in [6.45, 7) is 2.60. The standard InChI is InChI=1S/C10H20NOP/c1-12-9-4-2-8(3-5-9)11-6-10(13)7-11/h8-10H,2-7,13H2,1H3. The Balaban J connectivity index is 1.72. The molecule has 1 heterocycles. The summed E-state index contributed by atoms with van der Waals surface area (Å²) >= 11 is 0. The van der Waals surface area contributed by atoms with Crippen molar-refractivity contribution in [3.05, 3.63) is 0 Å². The van der Waals surface area contributed by atoms with Crippen LogP contribution < -0.4 is 0 Å². The summed E-state index contributed by atoms with van der Waals surface area (Å²) in [7, 11) is 4.75. The summed E-state index contributed by atoms with van der Waals surface area (Å²) in [5, 5.41) is 0. The third-order valence-corrected chi connectivity index (χ3v) is 3.85. The molecule has 1 aliphatic carbocycles. The van der Waals surface area contributed by atoms with Crippen LogP contribution in [-0.4, -0.2) is 42.9 Å². The van der Waals surface area contributed by atoms with Crippen molar-refractivity contribution in [1.82, 2.24) is 4.90 Å². The highest BCUT2D eigenvalue weighted by Gasteiger charge is 2.32. The molecule has 1 aliphatic heterocycles. The molecule has 0 spiro atoms. The highest BCUT2D eigenvalue weighted by atomic mass is 31.0. The van der Waals surface area contributed by atoms with E-state index >= 15 is 0 Å². The maximum Gasteiger partial charge on any atom is 0.0572 e. The Morgan fingerprint density at radius 2 is 1.77 bits per heavy atom. The fourth-order valence-electron chi connectivity index (χ4n) is 2.49. The van der Waals surface area contributed by atoms with Crippen LogP contribution in [0.15, 0.2) is 0 Å². The highest BCUT2D eigenvalue weighted by molar-refractivity contribution is 7.17. The molecule has 1 saturated heterocycles. The van der Waals surface area contributed by atoms with Gasteiger partial charge in [-0.05, 0) is 31.3 Å². The van der Waals surface area contributed by atoms with Gasteiger partial charge >= 0.3 is 0 Å². The molecule has 1 atom stereocenters. The van der Waals surface area contributed by atoms with Crippen LogP contribution in [0.3, 0.4) is 0 Å². The maximum absolute atomic E-state index is 5.37. The Morgan fingerprint density at radius 1 is 1.15 bits per heavy atom. The van der Waals surface area contributed by atoms with Crippen LogP contribution >= 0.6 is 9.24 Å². The largest absolute Gasteiger partial charge is 0.381 e. The van der Waals surface area contributed by atoms with Crippen LogP contribution in [0.1, 0.15) is 25.7 Å². The van der Waals surface area contributed by atoms with E-state index in [2.05, 4.69) is 14.1 Å². The molecule has 0 aromatic heterocycles. The lowest BCUT2D eigenvalue weighted by atomic mass is 9.90. The zero-order valence-corrected chi connectivity index (χ0v) is 9.56. The average Bonchev–Trinajstić information content (AvgIpc) is 2.13. The predicted molar refractivity (Wildman–Crippen MR) is 58.1 cm³/mol. The van der Waals surface area contributed by atoms with Gasteiger partial charge in [0.05, 0.1) is 6.10 Å². The van der Waals surface area contributed by atoms with Crippen molar-refractivity contribution in [3.63, 3.8) is 0 Å². The fourth-order valence-corrected chi connectivity index (χ4v) is 3.03. The molecule has 3 heteroatoms. The van der Waals surface area contributed by atoms with Gasteiger partial charge in [0, 0.05) is 26.2 Å². The number of nitrogens with zero attached hydrogens (tertiary/aromatic N) is 1. The minimum atomic E-state index is 0.546. The summed E-state index contributed by atoms with van der Waals surface area (Å²) in [5.41, 5.74) is 0.861. The molecule has 0 radical (unpaired) electrons. The zero-order chi connectivity index (χ0) is 9.26. The Morgan fingerprint density at radius 3 is 2.23 bits per heavy atom. The molecular weight excluding hydrogens is 181 g/mol. The van der Waals surface area contributed by atoms with Crippen molar-refractivity contribution >= 4 is 9.24 Å². The second-order valence-electron chi connectivity index (χ2n) is 4.38. The lowest BCUT2D eigenvalue weighted by Gasteiger charge is -2.45. The monoisotopic (exact) mass is 201 g/mol. The Labute approximate surface area is 83.2 Å². The molecule has 13 heavy (non-hydrogen) atoms. The second-order valence-corrected chi connectivity index (χ2v) is 5.32. The van der Waals surface area contributed by atoms with E-state index in [-0.39, 0.29) is 0 Å². The Kier molecular flexibility index (Phi) is 3.23. The number of methoxy groups -OCH3 is 1. The molecule has 76 valence electrons. The van der Waals surface area contributed by atoms with E-state index in [1.165, 1.54) is 38.8 Å². The van der Waals surface area contributed by atoms with Crippen LogP contribution in [-0.2, 0) is 4.74 Å².